The maximum absolute atomic E-state index is 12.5. The molecular formula is C12H17BrN2O2S. The molecule has 1 aromatic rings. The molecule has 0 bridgehead atoms. The van der Waals surface area contributed by atoms with Gasteiger partial charge in [-0.2, -0.15) is 4.31 Å². The van der Waals surface area contributed by atoms with Crippen molar-refractivity contribution in [3.05, 3.63) is 34.8 Å². The highest BCUT2D eigenvalue weighted by Gasteiger charge is 2.25. The van der Waals surface area contributed by atoms with Gasteiger partial charge in [-0.1, -0.05) is 28.9 Å². The first-order chi connectivity index (χ1) is 8.34. The zero-order valence-electron chi connectivity index (χ0n) is 10.5. The molecule has 1 aromatic carbocycles. The minimum Gasteiger partial charge on any atom is -0.398 e. The second-order valence-corrected chi connectivity index (χ2v) is 6.68. The molecule has 100 valence electrons. The van der Waals surface area contributed by atoms with E-state index in [2.05, 4.69) is 22.5 Å². The largest absolute Gasteiger partial charge is 0.398 e. The first-order valence-electron chi connectivity index (χ1n) is 5.51. The second-order valence-electron chi connectivity index (χ2n) is 3.86. The van der Waals surface area contributed by atoms with Crippen molar-refractivity contribution in [2.75, 3.05) is 18.8 Å². The topological polar surface area (TPSA) is 63.4 Å². The summed E-state index contributed by atoms with van der Waals surface area (Å²) >= 11 is 3.27. The Hall–Kier alpha value is -0.850. The number of likely N-dealkylation sites (N-methyl/N-ethyl adjacent to an activating group) is 1. The van der Waals surface area contributed by atoms with Crippen molar-refractivity contribution in [3.63, 3.8) is 0 Å². The number of nitrogens with zero attached hydrogens (tertiary/aromatic N) is 1. The molecule has 2 N–H and O–H groups in total. The summed E-state index contributed by atoms with van der Waals surface area (Å²) in [6.45, 7) is 7.74. The minimum absolute atomic E-state index is 0.234. The van der Waals surface area contributed by atoms with Crippen LogP contribution in [-0.2, 0) is 10.0 Å². The van der Waals surface area contributed by atoms with Gasteiger partial charge >= 0.3 is 0 Å². The highest BCUT2D eigenvalue weighted by atomic mass is 79.9. The van der Waals surface area contributed by atoms with Crippen molar-refractivity contribution in [2.45, 2.75) is 18.7 Å². The Morgan fingerprint density at radius 2 is 2.11 bits per heavy atom. The van der Waals surface area contributed by atoms with Gasteiger partial charge in [-0.3, -0.25) is 0 Å². The van der Waals surface area contributed by atoms with Crippen LogP contribution in [0.2, 0.25) is 0 Å². The molecule has 0 atom stereocenters. The SMILES string of the molecule is C=CCN(CC)S(=O)(=O)c1cc(Br)cc(N)c1C. The molecule has 0 amide bonds. The van der Waals surface area contributed by atoms with Gasteiger partial charge in [0.1, 0.15) is 0 Å². The molecule has 0 aliphatic heterocycles. The molecule has 0 fully saturated rings. The summed E-state index contributed by atoms with van der Waals surface area (Å²) in [5.74, 6) is 0. The lowest BCUT2D eigenvalue weighted by molar-refractivity contribution is 0.459. The van der Waals surface area contributed by atoms with Gasteiger partial charge in [0.15, 0.2) is 0 Å². The van der Waals surface area contributed by atoms with Crippen LogP contribution >= 0.6 is 15.9 Å². The maximum Gasteiger partial charge on any atom is 0.243 e. The van der Waals surface area contributed by atoms with Crippen molar-refractivity contribution >= 4 is 31.6 Å². The first kappa shape index (κ1) is 15.2. The number of hydrogen-bond donors (Lipinski definition) is 1. The van der Waals surface area contributed by atoms with Crippen LogP contribution in [0.3, 0.4) is 0 Å². The van der Waals surface area contributed by atoms with Gasteiger partial charge in [-0.25, -0.2) is 8.42 Å². The van der Waals surface area contributed by atoms with E-state index in [4.69, 9.17) is 5.73 Å². The predicted octanol–water partition coefficient (Wildman–Crippen LogP) is 2.54. The Morgan fingerprint density at radius 1 is 1.50 bits per heavy atom. The highest BCUT2D eigenvalue weighted by molar-refractivity contribution is 9.10. The molecule has 0 saturated heterocycles. The van der Waals surface area contributed by atoms with E-state index in [-0.39, 0.29) is 11.4 Å². The normalized spacial score (nSPS) is 11.8. The molecule has 18 heavy (non-hydrogen) atoms. The summed E-state index contributed by atoms with van der Waals surface area (Å²) in [7, 11) is -3.54. The van der Waals surface area contributed by atoms with Crippen LogP contribution in [0.15, 0.2) is 34.2 Å². The molecule has 0 aliphatic carbocycles. The summed E-state index contributed by atoms with van der Waals surface area (Å²) in [4.78, 5) is 0.234. The Kier molecular flexibility index (Phi) is 4.95. The summed E-state index contributed by atoms with van der Waals surface area (Å²) in [6, 6.07) is 3.27. The minimum atomic E-state index is -3.54. The highest BCUT2D eigenvalue weighted by Crippen LogP contribution is 2.28. The standard InChI is InChI=1S/C12H17BrN2O2S/c1-4-6-15(5-2)18(16,17)12-8-10(13)7-11(14)9(12)3/h4,7-8H,1,5-6,14H2,2-3H3. The number of halogens is 1. The van der Waals surface area contributed by atoms with Gasteiger partial charge in [0.05, 0.1) is 4.90 Å². The summed E-state index contributed by atoms with van der Waals surface area (Å²) in [5, 5.41) is 0. The van der Waals surface area contributed by atoms with Crippen LogP contribution in [0.1, 0.15) is 12.5 Å². The van der Waals surface area contributed by atoms with Crippen molar-refractivity contribution in [1.29, 1.82) is 0 Å². The van der Waals surface area contributed by atoms with E-state index in [0.717, 1.165) is 0 Å². The van der Waals surface area contributed by atoms with Crippen molar-refractivity contribution in [2.24, 2.45) is 0 Å². The average molecular weight is 333 g/mol. The third-order valence-corrected chi connectivity index (χ3v) is 5.19. The molecule has 0 unspecified atom stereocenters. The molecule has 1 rings (SSSR count). The van der Waals surface area contributed by atoms with E-state index >= 15 is 0 Å². The number of rotatable bonds is 5. The maximum atomic E-state index is 12.5. The van der Waals surface area contributed by atoms with Gasteiger partial charge < -0.3 is 5.73 Å². The Morgan fingerprint density at radius 3 is 2.61 bits per heavy atom. The van der Waals surface area contributed by atoms with Crippen molar-refractivity contribution in [1.82, 2.24) is 4.31 Å². The number of nitrogen functional groups attached to an aromatic ring is 1. The number of nitrogens with two attached hydrogens (primary N) is 1. The Balaban J connectivity index is 3.40. The quantitative estimate of drug-likeness (QED) is 0.665. The number of hydrogen-bond acceptors (Lipinski definition) is 3. The monoisotopic (exact) mass is 332 g/mol. The molecule has 0 spiro atoms. The van der Waals surface area contributed by atoms with Gasteiger partial charge in [-0.15, -0.1) is 6.58 Å². The lowest BCUT2D eigenvalue weighted by atomic mass is 10.2. The summed E-state index contributed by atoms with van der Waals surface area (Å²) < 4.78 is 27.0. The van der Waals surface area contributed by atoms with Crippen LogP contribution in [0.25, 0.3) is 0 Å². The molecule has 0 aromatic heterocycles. The average Bonchev–Trinajstić information content (AvgIpc) is 2.30. The third-order valence-electron chi connectivity index (χ3n) is 2.67. The number of benzene rings is 1. The van der Waals surface area contributed by atoms with Gasteiger partial charge in [0, 0.05) is 23.2 Å². The molecule has 4 nitrogen and oxygen atoms in total. The van der Waals surface area contributed by atoms with Gasteiger partial charge in [0.25, 0.3) is 0 Å². The third kappa shape index (κ3) is 2.93. The molecule has 6 heteroatoms. The fourth-order valence-electron chi connectivity index (χ4n) is 1.62. The molecule has 0 radical (unpaired) electrons. The predicted molar refractivity (Wildman–Crippen MR) is 77.9 cm³/mol. The fourth-order valence-corrected chi connectivity index (χ4v) is 3.95. The van der Waals surface area contributed by atoms with Crippen LogP contribution in [0, 0.1) is 6.92 Å². The summed E-state index contributed by atoms with van der Waals surface area (Å²) in [5.41, 5.74) is 6.83. The van der Waals surface area contributed by atoms with Crippen LogP contribution in [0.4, 0.5) is 5.69 Å². The first-order valence-corrected chi connectivity index (χ1v) is 7.74. The molecule has 0 saturated carbocycles. The molecular weight excluding hydrogens is 316 g/mol. The zero-order valence-corrected chi connectivity index (χ0v) is 12.9. The smallest absolute Gasteiger partial charge is 0.243 e. The number of sulfonamides is 1. The summed E-state index contributed by atoms with van der Waals surface area (Å²) in [6.07, 6.45) is 1.57. The van der Waals surface area contributed by atoms with E-state index in [1.54, 1.807) is 32.1 Å². The van der Waals surface area contributed by atoms with E-state index in [1.807, 2.05) is 0 Å². The Bertz CT molecular complexity index is 555. The van der Waals surface area contributed by atoms with Crippen molar-refractivity contribution < 1.29 is 8.42 Å². The van der Waals surface area contributed by atoms with Crippen molar-refractivity contribution in [3.8, 4) is 0 Å². The lowest BCUT2D eigenvalue weighted by Gasteiger charge is -2.20. The fraction of sp³-hybridized carbons (Fsp3) is 0.333. The van der Waals surface area contributed by atoms with E-state index in [1.165, 1.54) is 4.31 Å². The van der Waals surface area contributed by atoms with Crippen LogP contribution < -0.4 is 5.73 Å². The van der Waals surface area contributed by atoms with Gasteiger partial charge in [-0.05, 0) is 24.6 Å². The number of anilines is 1. The Labute approximate surface area is 117 Å². The van der Waals surface area contributed by atoms with E-state index in [9.17, 15) is 8.42 Å². The molecule has 0 aliphatic rings. The van der Waals surface area contributed by atoms with Crippen LogP contribution in [0.5, 0.6) is 0 Å². The van der Waals surface area contributed by atoms with Gasteiger partial charge in [0.2, 0.25) is 10.0 Å². The molecule has 0 heterocycles. The second kappa shape index (κ2) is 5.86. The lowest BCUT2D eigenvalue weighted by Crippen LogP contribution is -2.31. The van der Waals surface area contributed by atoms with Crippen LogP contribution in [-0.4, -0.2) is 25.8 Å². The van der Waals surface area contributed by atoms with E-state index in [0.29, 0.717) is 22.3 Å². The zero-order chi connectivity index (χ0) is 13.9. The van der Waals surface area contributed by atoms with E-state index < -0.39 is 10.0 Å².